The van der Waals surface area contributed by atoms with Gasteiger partial charge >= 0.3 is 0 Å². The van der Waals surface area contributed by atoms with Crippen LogP contribution in [0.4, 0.5) is 5.95 Å². The van der Waals surface area contributed by atoms with Crippen LogP contribution >= 0.6 is 11.3 Å². The molecule has 1 fully saturated rings. The highest BCUT2D eigenvalue weighted by molar-refractivity contribution is 7.09. The lowest BCUT2D eigenvalue weighted by Crippen LogP contribution is -2.45. The first-order chi connectivity index (χ1) is 11.0. The number of aromatic nitrogens is 3. The average molecular weight is 333 g/mol. The number of H-pyrrole nitrogens is 1. The number of hydrogen-bond acceptors (Lipinski definition) is 6. The summed E-state index contributed by atoms with van der Waals surface area (Å²) in [6, 6.07) is 1.60. The number of rotatable bonds is 3. The zero-order valence-corrected chi connectivity index (χ0v) is 13.9. The molecule has 7 nitrogen and oxygen atoms in total. The van der Waals surface area contributed by atoms with E-state index in [9.17, 15) is 9.59 Å². The van der Waals surface area contributed by atoms with Crippen molar-refractivity contribution in [1.82, 2.24) is 20.3 Å². The number of amides is 1. The topological polar surface area (TPSA) is 91.0 Å². The second kappa shape index (κ2) is 6.49. The normalized spacial score (nSPS) is 15.7. The molecule has 2 aromatic heterocycles. The minimum absolute atomic E-state index is 0.116. The SMILES string of the molecule is Cc1cc(=O)[nH]c(N2CCC(NC(=O)c3csc(C)n3)CC2)n1. The summed E-state index contributed by atoms with van der Waals surface area (Å²) in [4.78, 5) is 37.0. The van der Waals surface area contributed by atoms with E-state index in [0.717, 1.165) is 30.9 Å². The molecule has 3 heterocycles. The lowest BCUT2D eigenvalue weighted by atomic mass is 10.1. The van der Waals surface area contributed by atoms with Crippen LogP contribution in [-0.4, -0.2) is 40.0 Å². The predicted octanol–water partition coefficient (Wildman–Crippen LogP) is 1.24. The van der Waals surface area contributed by atoms with Crippen molar-refractivity contribution < 1.29 is 4.79 Å². The Hall–Kier alpha value is -2.22. The van der Waals surface area contributed by atoms with E-state index in [1.54, 1.807) is 5.38 Å². The standard InChI is InChI=1S/C15H19N5O2S/c1-9-7-13(21)19-15(16-9)20-5-3-11(4-6-20)18-14(22)12-8-23-10(2)17-12/h7-8,11H,3-6H2,1-2H3,(H,18,22)(H,16,19,21). The van der Waals surface area contributed by atoms with Crippen LogP contribution in [0, 0.1) is 13.8 Å². The molecule has 0 spiro atoms. The van der Waals surface area contributed by atoms with E-state index in [1.807, 2.05) is 18.7 Å². The van der Waals surface area contributed by atoms with Gasteiger partial charge in [-0.1, -0.05) is 0 Å². The maximum atomic E-state index is 12.1. The Balaban J connectivity index is 1.58. The summed E-state index contributed by atoms with van der Waals surface area (Å²) in [5.74, 6) is 0.491. The molecule has 0 aromatic carbocycles. The zero-order chi connectivity index (χ0) is 16.4. The molecule has 0 radical (unpaired) electrons. The summed E-state index contributed by atoms with van der Waals surface area (Å²) in [7, 11) is 0. The fourth-order valence-corrected chi connectivity index (χ4v) is 3.27. The summed E-state index contributed by atoms with van der Waals surface area (Å²) < 4.78 is 0. The second-order valence-electron chi connectivity index (χ2n) is 5.70. The molecular formula is C15H19N5O2S. The van der Waals surface area contributed by atoms with Gasteiger partial charge in [0, 0.05) is 36.3 Å². The molecule has 1 aliphatic rings. The number of piperidine rings is 1. The van der Waals surface area contributed by atoms with Crippen molar-refractivity contribution >= 4 is 23.2 Å². The van der Waals surface area contributed by atoms with Crippen molar-refractivity contribution in [3.8, 4) is 0 Å². The maximum Gasteiger partial charge on any atom is 0.270 e. The van der Waals surface area contributed by atoms with E-state index in [0.29, 0.717) is 17.3 Å². The zero-order valence-electron chi connectivity index (χ0n) is 13.1. The van der Waals surface area contributed by atoms with Gasteiger partial charge in [-0.15, -0.1) is 11.3 Å². The van der Waals surface area contributed by atoms with Crippen LogP contribution in [0.2, 0.25) is 0 Å². The van der Waals surface area contributed by atoms with Crippen molar-refractivity contribution in [2.75, 3.05) is 18.0 Å². The molecule has 1 aliphatic heterocycles. The van der Waals surface area contributed by atoms with E-state index in [2.05, 4.69) is 20.3 Å². The molecule has 1 amide bonds. The third-order valence-corrected chi connectivity index (χ3v) is 4.61. The van der Waals surface area contributed by atoms with E-state index in [-0.39, 0.29) is 17.5 Å². The van der Waals surface area contributed by atoms with E-state index in [1.165, 1.54) is 17.4 Å². The van der Waals surface area contributed by atoms with Crippen molar-refractivity contribution in [1.29, 1.82) is 0 Å². The summed E-state index contributed by atoms with van der Waals surface area (Å²) in [5.41, 5.74) is 1.06. The molecule has 122 valence electrons. The van der Waals surface area contributed by atoms with Crippen LogP contribution in [0.5, 0.6) is 0 Å². The van der Waals surface area contributed by atoms with Gasteiger partial charge in [-0.25, -0.2) is 9.97 Å². The van der Waals surface area contributed by atoms with Gasteiger partial charge in [-0.3, -0.25) is 14.6 Å². The van der Waals surface area contributed by atoms with Crippen LogP contribution in [0.3, 0.4) is 0 Å². The Bertz CT molecular complexity index is 761. The monoisotopic (exact) mass is 333 g/mol. The third-order valence-electron chi connectivity index (χ3n) is 3.84. The number of aromatic amines is 1. The van der Waals surface area contributed by atoms with Gasteiger partial charge in [-0.2, -0.15) is 0 Å². The highest BCUT2D eigenvalue weighted by Gasteiger charge is 2.23. The number of aryl methyl sites for hydroxylation is 2. The van der Waals surface area contributed by atoms with Crippen LogP contribution < -0.4 is 15.8 Å². The molecule has 2 aromatic rings. The molecule has 8 heteroatoms. The molecule has 0 unspecified atom stereocenters. The summed E-state index contributed by atoms with van der Waals surface area (Å²) in [6.45, 7) is 5.18. The van der Waals surface area contributed by atoms with Crippen LogP contribution in [-0.2, 0) is 0 Å². The van der Waals surface area contributed by atoms with Crippen LogP contribution in [0.25, 0.3) is 0 Å². The van der Waals surface area contributed by atoms with Gasteiger partial charge in [0.2, 0.25) is 5.95 Å². The predicted molar refractivity (Wildman–Crippen MR) is 89.1 cm³/mol. The Labute approximate surface area is 137 Å². The van der Waals surface area contributed by atoms with Crippen LogP contribution in [0.15, 0.2) is 16.2 Å². The summed E-state index contributed by atoms with van der Waals surface area (Å²) in [6.07, 6.45) is 1.62. The van der Waals surface area contributed by atoms with Crippen LogP contribution in [0.1, 0.15) is 34.0 Å². The van der Waals surface area contributed by atoms with Gasteiger partial charge in [-0.05, 0) is 26.7 Å². The highest BCUT2D eigenvalue weighted by Crippen LogP contribution is 2.16. The molecule has 2 N–H and O–H groups in total. The lowest BCUT2D eigenvalue weighted by Gasteiger charge is -2.32. The Morgan fingerprint density at radius 3 is 2.70 bits per heavy atom. The van der Waals surface area contributed by atoms with E-state index < -0.39 is 0 Å². The molecule has 1 saturated heterocycles. The number of thiazole rings is 1. The fraction of sp³-hybridized carbons (Fsp3) is 0.467. The van der Waals surface area contributed by atoms with Crippen molar-refractivity contribution in [3.63, 3.8) is 0 Å². The summed E-state index contributed by atoms with van der Waals surface area (Å²) >= 11 is 1.47. The molecule has 3 rings (SSSR count). The maximum absolute atomic E-state index is 12.1. The smallest absolute Gasteiger partial charge is 0.270 e. The van der Waals surface area contributed by atoms with Crippen molar-refractivity contribution in [2.45, 2.75) is 32.7 Å². The average Bonchev–Trinajstić information content (AvgIpc) is 2.94. The molecule has 0 atom stereocenters. The van der Waals surface area contributed by atoms with Gasteiger partial charge in [0.1, 0.15) is 5.69 Å². The Morgan fingerprint density at radius 1 is 1.35 bits per heavy atom. The largest absolute Gasteiger partial charge is 0.348 e. The molecular weight excluding hydrogens is 314 g/mol. The number of carbonyl (C=O) groups excluding carboxylic acids is 1. The number of anilines is 1. The van der Waals surface area contributed by atoms with Gasteiger partial charge in [0.25, 0.3) is 11.5 Å². The third kappa shape index (κ3) is 3.76. The molecule has 0 bridgehead atoms. The summed E-state index contributed by atoms with van der Waals surface area (Å²) in [5, 5.41) is 5.70. The number of carbonyl (C=O) groups is 1. The van der Waals surface area contributed by atoms with E-state index in [4.69, 9.17) is 0 Å². The van der Waals surface area contributed by atoms with Crippen molar-refractivity contribution in [3.05, 3.63) is 38.2 Å². The Morgan fingerprint density at radius 2 is 2.09 bits per heavy atom. The quantitative estimate of drug-likeness (QED) is 0.882. The second-order valence-corrected chi connectivity index (χ2v) is 6.76. The van der Waals surface area contributed by atoms with Gasteiger partial charge in [0.05, 0.1) is 5.01 Å². The molecule has 23 heavy (non-hydrogen) atoms. The molecule has 0 aliphatic carbocycles. The van der Waals surface area contributed by atoms with E-state index >= 15 is 0 Å². The highest BCUT2D eigenvalue weighted by atomic mass is 32.1. The first-order valence-electron chi connectivity index (χ1n) is 7.57. The first-order valence-corrected chi connectivity index (χ1v) is 8.45. The van der Waals surface area contributed by atoms with Gasteiger partial charge < -0.3 is 10.2 Å². The number of hydrogen-bond donors (Lipinski definition) is 2. The fourth-order valence-electron chi connectivity index (χ4n) is 2.68. The first kappa shape index (κ1) is 15.7. The minimum Gasteiger partial charge on any atom is -0.348 e. The lowest BCUT2D eigenvalue weighted by molar-refractivity contribution is 0.0926. The molecule has 0 saturated carbocycles. The van der Waals surface area contributed by atoms with Gasteiger partial charge in [0.15, 0.2) is 0 Å². The minimum atomic E-state index is -0.137. The van der Waals surface area contributed by atoms with Crippen molar-refractivity contribution in [2.24, 2.45) is 0 Å². The number of nitrogens with one attached hydrogen (secondary N) is 2. The Kier molecular flexibility index (Phi) is 4.42. The number of nitrogens with zero attached hydrogens (tertiary/aromatic N) is 3.